The number of halogens is 2. The van der Waals surface area contributed by atoms with Gasteiger partial charge in [-0.2, -0.15) is 4.98 Å². The fourth-order valence-electron chi connectivity index (χ4n) is 2.45. The highest BCUT2D eigenvalue weighted by atomic mass is 19.2. The molecule has 1 aliphatic rings. The van der Waals surface area contributed by atoms with Crippen molar-refractivity contribution in [2.24, 2.45) is 0 Å². The van der Waals surface area contributed by atoms with Gasteiger partial charge in [0.2, 0.25) is 11.8 Å². The van der Waals surface area contributed by atoms with Gasteiger partial charge in [0.15, 0.2) is 11.6 Å². The first-order valence-electron chi connectivity index (χ1n) is 6.87. The van der Waals surface area contributed by atoms with E-state index in [2.05, 4.69) is 15.3 Å². The van der Waals surface area contributed by atoms with Crippen LogP contribution in [-0.4, -0.2) is 29.7 Å². The van der Waals surface area contributed by atoms with Crippen molar-refractivity contribution < 1.29 is 18.3 Å². The summed E-state index contributed by atoms with van der Waals surface area (Å²) in [6.45, 7) is 0.519. The number of hydrogen-bond acceptors (Lipinski definition) is 5. The van der Waals surface area contributed by atoms with Crippen molar-refractivity contribution in [2.45, 2.75) is 18.6 Å². The van der Waals surface area contributed by atoms with E-state index in [1.807, 2.05) is 0 Å². The van der Waals surface area contributed by atoms with Gasteiger partial charge in [0, 0.05) is 18.9 Å². The molecule has 1 fully saturated rings. The smallest absolute Gasteiger partial charge is 0.226 e. The second-order valence-electron chi connectivity index (χ2n) is 4.93. The van der Waals surface area contributed by atoms with Crippen molar-refractivity contribution in [3.05, 3.63) is 47.7 Å². The van der Waals surface area contributed by atoms with Crippen LogP contribution in [0.4, 0.5) is 14.7 Å². The van der Waals surface area contributed by atoms with Crippen LogP contribution in [0.15, 0.2) is 30.5 Å². The average molecular weight is 307 g/mol. The Morgan fingerprint density at radius 1 is 1.27 bits per heavy atom. The summed E-state index contributed by atoms with van der Waals surface area (Å²) in [6, 6.07) is 5.30. The maximum Gasteiger partial charge on any atom is 0.226 e. The molecule has 2 atom stereocenters. The van der Waals surface area contributed by atoms with Crippen LogP contribution in [0.1, 0.15) is 18.1 Å². The largest absolute Gasteiger partial charge is 0.481 e. The highest BCUT2D eigenvalue weighted by Crippen LogP contribution is 2.31. The Kier molecular flexibility index (Phi) is 4.15. The number of nitrogens with zero attached hydrogens (tertiary/aromatic N) is 2. The molecule has 0 saturated carbocycles. The summed E-state index contributed by atoms with van der Waals surface area (Å²) in [5.74, 6) is -0.907. The molecule has 0 bridgehead atoms. The zero-order valence-electron chi connectivity index (χ0n) is 11.9. The summed E-state index contributed by atoms with van der Waals surface area (Å²) < 4.78 is 37.1. The Bertz CT molecular complexity index is 669. The predicted molar refractivity (Wildman–Crippen MR) is 75.7 cm³/mol. The van der Waals surface area contributed by atoms with Crippen molar-refractivity contribution in [2.75, 3.05) is 19.0 Å². The van der Waals surface area contributed by atoms with Crippen LogP contribution in [0.5, 0.6) is 5.88 Å². The standard InChI is InChI=1S/C15H15F2N3O2/c1-21-13-4-6-18-15(20-13)19-12-5-7-22-14(12)9-2-3-10(16)11(17)8-9/h2-4,6,8,12,14H,5,7H2,1H3,(H,18,19,20). The van der Waals surface area contributed by atoms with Crippen molar-refractivity contribution in [3.63, 3.8) is 0 Å². The first-order valence-corrected chi connectivity index (χ1v) is 6.87. The minimum Gasteiger partial charge on any atom is -0.481 e. The fraction of sp³-hybridized carbons (Fsp3) is 0.333. The Labute approximate surface area is 126 Å². The summed E-state index contributed by atoms with van der Waals surface area (Å²) in [5, 5.41) is 3.15. The second kappa shape index (κ2) is 6.23. The van der Waals surface area contributed by atoms with Gasteiger partial charge in [0.25, 0.3) is 0 Å². The van der Waals surface area contributed by atoms with Gasteiger partial charge in [-0.1, -0.05) is 6.07 Å². The minimum absolute atomic E-state index is 0.128. The highest BCUT2D eigenvalue weighted by Gasteiger charge is 2.30. The number of aromatic nitrogens is 2. The molecule has 0 radical (unpaired) electrons. The number of benzene rings is 1. The van der Waals surface area contributed by atoms with Crippen molar-refractivity contribution in [3.8, 4) is 5.88 Å². The van der Waals surface area contributed by atoms with Gasteiger partial charge in [0.1, 0.15) is 6.10 Å². The Balaban J connectivity index is 1.79. The van der Waals surface area contributed by atoms with Gasteiger partial charge in [0.05, 0.1) is 13.2 Å². The van der Waals surface area contributed by atoms with E-state index in [1.54, 1.807) is 12.3 Å². The second-order valence-corrected chi connectivity index (χ2v) is 4.93. The van der Waals surface area contributed by atoms with Crippen molar-refractivity contribution >= 4 is 5.95 Å². The molecule has 0 spiro atoms. The summed E-state index contributed by atoms with van der Waals surface area (Å²) in [6.07, 6.45) is 1.91. The fourth-order valence-corrected chi connectivity index (χ4v) is 2.45. The Morgan fingerprint density at radius 2 is 2.14 bits per heavy atom. The van der Waals surface area contributed by atoms with E-state index in [1.165, 1.54) is 13.2 Å². The SMILES string of the molecule is COc1ccnc(NC2CCOC2c2ccc(F)c(F)c2)n1. The summed E-state index contributed by atoms with van der Waals surface area (Å²) in [7, 11) is 1.52. The molecule has 0 aliphatic carbocycles. The number of anilines is 1. The molecule has 2 unspecified atom stereocenters. The first-order chi connectivity index (χ1) is 10.7. The minimum atomic E-state index is -0.885. The van der Waals surface area contributed by atoms with Crippen LogP contribution >= 0.6 is 0 Å². The van der Waals surface area contributed by atoms with Gasteiger partial charge >= 0.3 is 0 Å². The molecule has 2 heterocycles. The summed E-state index contributed by atoms with van der Waals surface area (Å²) >= 11 is 0. The van der Waals surface area contributed by atoms with E-state index in [0.29, 0.717) is 30.4 Å². The van der Waals surface area contributed by atoms with Crippen LogP contribution in [0.3, 0.4) is 0 Å². The van der Waals surface area contributed by atoms with Gasteiger partial charge in [-0.25, -0.2) is 13.8 Å². The predicted octanol–water partition coefficient (Wildman–Crippen LogP) is 2.71. The van der Waals surface area contributed by atoms with Crippen LogP contribution < -0.4 is 10.1 Å². The zero-order valence-corrected chi connectivity index (χ0v) is 11.9. The molecule has 5 nitrogen and oxygen atoms in total. The van der Waals surface area contributed by atoms with Crippen LogP contribution in [-0.2, 0) is 4.74 Å². The molecule has 1 aliphatic heterocycles. The van der Waals surface area contributed by atoms with E-state index >= 15 is 0 Å². The lowest BCUT2D eigenvalue weighted by Gasteiger charge is -2.20. The molecular weight excluding hydrogens is 292 g/mol. The van der Waals surface area contributed by atoms with Crippen LogP contribution in [0.25, 0.3) is 0 Å². The van der Waals surface area contributed by atoms with Crippen LogP contribution in [0.2, 0.25) is 0 Å². The molecule has 1 aromatic carbocycles. The van der Waals surface area contributed by atoms with Crippen molar-refractivity contribution in [1.29, 1.82) is 0 Å². The third kappa shape index (κ3) is 2.99. The quantitative estimate of drug-likeness (QED) is 0.941. The Hall–Kier alpha value is -2.28. The molecule has 116 valence electrons. The lowest BCUT2D eigenvalue weighted by atomic mass is 10.0. The van der Waals surface area contributed by atoms with Gasteiger partial charge in [-0.05, 0) is 24.1 Å². The van der Waals surface area contributed by atoms with E-state index in [0.717, 1.165) is 12.1 Å². The molecule has 1 N–H and O–H groups in total. The van der Waals surface area contributed by atoms with Gasteiger partial charge < -0.3 is 14.8 Å². The Morgan fingerprint density at radius 3 is 2.91 bits per heavy atom. The average Bonchev–Trinajstić information content (AvgIpc) is 2.98. The molecule has 0 amide bonds. The van der Waals surface area contributed by atoms with E-state index in [4.69, 9.17) is 9.47 Å². The first kappa shape index (κ1) is 14.6. The monoisotopic (exact) mass is 307 g/mol. The molecule has 1 saturated heterocycles. The van der Waals surface area contributed by atoms with E-state index < -0.39 is 11.6 Å². The summed E-state index contributed by atoms with van der Waals surface area (Å²) in [5.41, 5.74) is 0.580. The molecule has 22 heavy (non-hydrogen) atoms. The zero-order chi connectivity index (χ0) is 15.5. The van der Waals surface area contributed by atoms with Gasteiger partial charge in [-0.15, -0.1) is 0 Å². The number of nitrogens with one attached hydrogen (secondary N) is 1. The maximum absolute atomic E-state index is 13.4. The molecule has 1 aromatic heterocycles. The number of rotatable bonds is 4. The molecule has 3 rings (SSSR count). The maximum atomic E-state index is 13.4. The molecule has 7 heteroatoms. The van der Waals surface area contributed by atoms with E-state index in [9.17, 15) is 8.78 Å². The van der Waals surface area contributed by atoms with E-state index in [-0.39, 0.29) is 12.1 Å². The third-order valence-electron chi connectivity index (χ3n) is 3.52. The summed E-state index contributed by atoms with van der Waals surface area (Å²) in [4.78, 5) is 8.30. The van der Waals surface area contributed by atoms with Crippen molar-refractivity contribution in [1.82, 2.24) is 9.97 Å². The van der Waals surface area contributed by atoms with Crippen LogP contribution in [0, 0.1) is 11.6 Å². The highest BCUT2D eigenvalue weighted by molar-refractivity contribution is 5.32. The third-order valence-corrected chi connectivity index (χ3v) is 3.52. The van der Waals surface area contributed by atoms with Gasteiger partial charge in [-0.3, -0.25) is 0 Å². The molecular formula is C15H15F2N3O2. The molecule has 2 aromatic rings. The lowest BCUT2D eigenvalue weighted by Crippen LogP contribution is -2.24. The number of hydrogen-bond donors (Lipinski definition) is 1. The number of methoxy groups -OCH3 is 1. The lowest BCUT2D eigenvalue weighted by molar-refractivity contribution is 0.107. The number of ether oxygens (including phenoxy) is 2. The normalized spacial score (nSPS) is 20.9. The topological polar surface area (TPSA) is 56.3 Å².